The van der Waals surface area contributed by atoms with Crippen LogP contribution in [0.2, 0.25) is 0 Å². The first-order valence-electron chi connectivity index (χ1n) is 5.87. The summed E-state index contributed by atoms with van der Waals surface area (Å²) >= 11 is 0. The molecule has 1 aromatic carbocycles. The molecular weight excluding hydrogens is 216 g/mol. The molecule has 0 bridgehead atoms. The monoisotopic (exact) mass is 234 g/mol. The van der Waals surface area contributed by atoms with Crippen LogP contribution in [0.4, 0.5) is 0 Å². The fourth-order valence-corrected chi connectivity index (χ4v) is 2.51. The van der Waals surface area contributed by atoms with E-state index < -0.39 is 5.41 Å². The van der Waals surface area contributed by atoms with Crippen LogP contribution in [-0.2, 0) is 14.9 Å². The first-order chi connectivity index (χ1) is 8.14. The zero-order chi connectivity index (χ0) is 12.5. The average molecular weight is 234 g/mol. The van der Waals surface area contributed by atoms with Gasteiger partial charge in [0.15, 0.2) is 0 Å². The Bertz CT molecular complexity index is 433. The Labute approximate surface area is 102 Å². The van der Waals surface area contributed by atoms with E-state index in [-0.39, 0.29) is 5.97 Å². The number of rotatable bonds is 3. The number of hydrogen-bond donors (Lipinski definition) is 0. The van der Waals surface area contributed by atoms with Crippen molar-refractivity contribution in [3.8, 4) is 5.75 Å². The number of carbonyl (C=O) groups is 1. The van der Waals surface area contributed by atoms with Crippen LogP contribution in [-0.4, -0.2) is 20.2 Å². The van der Waals surface area contributed by atoms with Crippen molar-refractivity contribution in [3.05, 3.63) is 29.3 Å². The van der Waals surface area contributed by atoms with Crippen LogP contribution in [0.1, 0.15) is 30.4 Å². The van der Waals surface area contributed by atoms with Crippen LogP contribution < -0.4 is 4.74 Å². The smallest absolute Gasteiger partial charge is 0.316 e. The molecule has 0 radical (unpaired) electrons. The van der Waals surface area contributed by atoms with E-state index >= 15 is 0 Å². The van der Waals surface area contributed by atoms with Crippen molar-refractivity contribution >= 4 is 5.97 Å². The Hall–Kier alpha value is -1.51. The van der Waals surface area contributed by atoms with Crippen molar-refractivity contribution < 1.29 is 14.3 Å². The molecule has 0 aromatic heterocycles. The maximum absolute atomic E-state index is 11.9. The average Bonchev–Trinajstić information content (AvgIpc) is 2.27. The number of esters is 1. The van der Waals surface area contributed by atoms with Gasteiger partial charge in [-0.15, -0.1) is 0 Å². The second-order valence-electron chi connectivity index (χ2n) is 4.61. The van der Waals surface area contributed by atoms with Crippen LogP contribution in [0.3, 0.4) is 0 Å². The van der Waals surface area contributed by atoms with Crippen LogP contribution in [0.5, 0.6) is 5.75 Å². The fourth-order valence-electron chi connectivity index (χ4n) is 2.51. The van der Waals surface area contributed by atoms with Gasteiger partial charge < -0.3 is 9.47 Å². The van der Waals surface area contributed by atoms with Gasteiger partial charge in [-0.05, 0) is 37.0 Å². The topological polar surface area (TPSA) is 35.5 Å². The first kappa shape index (κ1) is 12.0. The lowest BCUT2D eigenvalue weighted by molar-refractivity contribution is -0.151. The van der Waals surface area contributed by atoms with Crippen LogP contribution >= 0.6 is 0 Å². The molecule has 0 aliphatic heterocycles. The van der Waals surface area contributed by atoms with E-state index in [0.29, 0.717) is 0 Å². The number of benzene rings is 1. The maximum Gasteiger partial charge on any atom is 0.316 e. The Balaban J connectivity index is 2.38. The largest absolute Gasteiger partial charge is 0.496 e. The van der Waals surface area contributed by atoms with Gasteiger partial charge >= 0.3 is 5.97 Å². The summed E-state index contributed by atoms with van der Waals surface area (Å²) in [7, 11) is 3.11. The highest BCUT2D eigenvalue weighted by molar-refractivity contribution is 5.84. The molecule has 0 unspecified atom stereocenters. The summed E-state index contributed by atoms with van der Waals surface area (Å²) in [4.78, 5) is 11.9. The molecule has 0 atom stereocenters. The summed E-state index contributed by atoms with van der Waals surface area (Å²) in [6.07, 6.45) is 2.84. The number of carbonyl (C=O) groups excluding carboxylic acids is 1. The zero-order valence-electron chi connectivity index (χ0n) is 10.6. The summed E-state index contributed by atoms with van der Waals surface area (Å²) in [6.45, 7) is 1.99. The van der Waals surface area contributed by atoms with Crippen molar-refractivity contribution in [2.24, 2.45) is 0 Å². The highest BCUT2D eigenvalue weighted by Crippen LogP contribution is 2.45. The number of aryl methyl sites for hydroxylation is 1. The predicted octanol–water partition coefficient (Wildman–Crippen LogP) is 2.60. The molecule has 0 saturated heterocycles. The molecule has 1 aromatic rings. The van der Waals surface area contributed by atoms with Gasteiger partial charge in [-0.25, -0.2) is 0 Å². The standard InChI is InChI=1S/C14H18O3/c1-10-9-11(5-6-12(10)16-2)14(7-4-8-14)13(15)17-3/h5-6,9H,4,7-8H2,1-3H3. The van der Waals surface area contributed by atoms with Crippen molar-refractivity contribution in [1.29, 1.82) is 0 Å². The number of methoxy groups -OCH3 is 2. The highest BCUT2D eigenvalue weighted by Gasteiger charge is 2.46. The summed E-state index contributed by atoms with van der Waals surface area (Å²) in [5, 5.41) is 0. The van der Waals surface area contributed by atoms with Crippen molar-refractivity contribution in [1.82, 2.24) is 0 Å². The van der Waals surface area contributed by atoms with Crippen LogP contribution in [0.25, 0.3) is 0 Å². The van der Waals surface area contributed by atoms with Gasteiger partial charge in [-0.1, -0.05) is 18.6 Å². The summed E-state index contributed by atoms with van der Waals surface area (Å²) in [6, 6.07) is 5.94. The minimum absolute atomic E-state index is 0.117. The molecule has 1 aliphatic rings. The molecule has 2 rings (SSSR count). The molecule has 0 amide bonds. The molecule has 0 spiro atoms. The Morgan fingerprint density at radius 3 is 2.41 bits per heavy atom. The SMILES string of the molecule is COC(=O)C1(c2ccc(OC)c(C)c2)CCC1. The summed E-state index contributed by atoms with van der Waals surface area (Å²) < 4.78 is 10.2. The molecule has 3 heteroatoms. The van der Waals surface area contributed by atoms with Crippen LogP contribution in [0, 0.1) is 6.92 Å². The van der Waals surface area contributed by atoms with E-state index in [0.717, 1.165) is 36.1 Å². The quantitative estimate of drug-likeness (QED) is 0.754. The van der Waals surface area contributed by atoms with Gasteiger partial charge in [-0.3, -0.25) is 4.79 Å². The van der Waals surface area contributed by atoms with Gasteiger partial charge in [-0.2, -0.15) is 0 Å². The van der Waals surface area contributed by atoms with Crippen molar-refractivity contribution in [2.75, 3.05) is 14.2 Å². The molecule has 3 nitrogen and oxygen atoms in total. The van der Waals surface area contributed by atoms with Crippen LogP contribution in [0.15, 0.2) is 18.2 Å². The third-order valence-corrected chi connectivity index (χ3v) is 3.73. The molecule has 0 heterocycles. The van der Waals surface area contributed by atoms with E-state index in [4.69, 9.17) is 9.47 Å². The highest BCUT2D eigenvalue weighted by atomic mass is 16.5. The van der Waals surface area contributed by atoms with E-state index in [1.807, 2.05) is 25.1 Å². The van der Waals surface area contributed by atoms with Gasteiger partial charge in [0.05, 0.1) is 19.6 Å². The van der Waals surface area contributed by atoms with E-state index in [2.05, 4.69) is 0 Å². The summed E-state index contributed by atoms with van der Waals surface area (Å²) in [5.74, 6) is 0.737. The predicted molar refractivity (Wildman–Crippen MR) is 65.3 cm³/mol. The first-order valence-corrected chi connectivity index (χ1v) is 5.87. The van der Waals surface area contributed by atoms with Gasteiger partial charge in [0.1, 0.15) is 5.75 Å². The third kappa shape index (κ3) is 1.79. The Morgan fingerprint density at radius 1 is 1.29 bits per heavy atom. The minimum atomic E-state index is -0.411. The molecule has 92 valence electrons. The van der Waals surface area contributed by atoms with Crippen molar-refractivity contribution in [2.45, 2.75) is 31.6 Å². The molecule has 1 aliphatic carbocycles. The Morgan fingerprint density at radius 2 is 2.00 bits per heavy atom. The maximum atomic E-state index is 11.9. The van der Waals surface area contributed by atoms with Gasteiger partial charge in [0.2, 0.25) is 0 Å². The van der Waals surface area contributed by atoms with E-state index in [1.165, 1.54) is 7.11 Å². The van der Waals surface area contributed by atoms with Gasteiger partial charge in [0.25, 0.3) is 0 Å². The van der Waals surface area contributed by atoms with E-state index in [1.54, 1.807) is 7.11 Å². The molecular formula is C14H18O3. The molecule has 0 N–H and O–H groups in total. The number of ether oxygens (including phenoxy) is 2. The lowest BCUT2D eigenvalue weighted by atomic mass is 9.64. The fraction of sp³-hybridized carbons (Fsp3) is 0.500. The second kappa shape index (κ2) is 4.40. The molecule has 1 saturated carbocycles. The molecule has 1 fully saturated rings. The molecule has 17 heavy (non-hydrogen) atoms. The normalized spacial score (nSPS) is 17.1. The minimum Gasteiger partial charge on any atom is -0.496 e. The number of hydrogen-bond acceptors (Lipinski definition) is 3. The summed E-state index contributed by atoms with van der Waals surface area (Å²) in [5.41, 5.74) is 1.69. The van der Waals surface area contributed by atoms with Crippen molar-refractivity contribution in [3.63, 3.8) is 0 Å². The van der Waals surface area contributed by atoms with Gasteiger partial charge in [0, 0.05) is 0 Å². The lowest BCUT2D eigenvalue weighted by Crippen LogP contribution is -2.43. The Kier molecular flexibility index (Phi) is 3.09. The third-order valence-electron chi connectivity index (χ3n) is 3.73. The van der Waals surface area contributed by atoms with E-state index in [9.17, 15) is 4.79 Å². The lowest BCUT2D eigenvalue weighted by Gasteiger charge is -2.39. The zero-order valence-corrected chi connectivity index (χ0v) is 10.6. The second-order valence-corrected chi connectivity index (χ2v) is 4.61.